The Morgan fingerprint density at radius 3 is 2.30 bits per heavy atom. The van der Waals surface area contributed by atoms with Gasteiger partial charge in [0.2, 0.25) is 0 Å². The molecule has 0 N–H and O–H groups in total. The lowest BCUT2D eigenvalue weighted by molar-refractivity contribution is 0.735. The zero-order chi connectivity index (χ0) is 13.9. The van der Waals surface area contributed by atoms with E-state index in [1.165, 1.54) is 33.9 Å². The van der Waals surface area contributed by atoms with Crippen molar-refractivity contribution in [3.8, 4) is 11.1 Å². The van der Waals surface area contributed by atoms with Crippen molar-refractivity contribution in [1.29, 1.82) is 0 Å². The average Bonchev–Trinajstić information content (AvgIpc) is 2.53. The van der Waals surface area contributed by atoms with Crippen LogP contribution in [0, 0.1) is 0 Å². The summed E-state index contributed by atoms with van der Waals surface area (Å²) in [5.41, 5.74) is 4.14. The summed E-state index contributed by atoms with van der Waals surface area (Å²) in [5, 5.41) is 2.61. The first-order valence-electron chi connectivity index (χ1n) is 7.37. The van der Waals surface area contributed by atoms with Gasteiger partial charge in [-0.25, -0.2) is 0 Å². The zero-order valence-electron chi connectivity index (χ0n) is 12.1. The molecule has 0 spiro atoms. The predicted molar refractivity (Wildman–Crippen MR) is 88.1 cm³/mol. The molecule has 0 aliphatic rings. The summed E-state index contributed by atoms with van der Waals surface area (Å²) in [6.07, 6.45) is 1.17. The third kappa shape index (κ3) is 2.34. The summed E-state index contributed by atoms with van der Waals surface area (Å²) < 4.78 is 0. The molecule has 20 heavy (non-hydrogen) atoms. The van der Waals surface area contributed by atoms with Gasteiger partial charge in [-0.15, -0.1) is 0 Å². The highest BCUT2D eigenvalue weighted by molar-refractivity contribution is 5.87. The number of benzene rings is 3. The predicted octanol–water partition coefficient (Wildman–Crippen LogP) is 6.02. The van der Waals surface area contributed by atoms with Crippen LogP contribution in [-0.2, 0) is 0 Å². The highest BCUT2D eigenvalue weighted by atomic mass is 14.1. The molecule has 3 aromatic rings. The van der Waals surface area contributed by atoms with E-state index in [0.717, 1.165) is 0 Å². The Hall–Kier alpha value is -2.08. The van der Waals surface area contributed by atoms with Crippen molar-refractivity contribution in [1.82, 2.24) is 0 Å². The van der Waals surface area contributed by atoms with Crippen LogP contribution in [0.1, 0.15) is 31.7 Å². The molecule has 0 nitrogen and oxygen atoms in total. The third-order valence-electron chi connectivity index (χ3n) is 4.16. The van der Waals surface area contributed by atoms with Gasteiger partial charge in [-0.2, -0.15) is 0 Å². The van der Waals surface area contributed by atoms with Crippen LogP contribution in [0.3, 0.4) is 0 Å². The van der Waals surface area contributed by atoms with E-state index in [4.69, 9.17) is 0 Å². The second-order valence-corrected chi connectivity index (χ2v) is 5.46. The fraction of sp³-hybridized carbons (Fsp3) is 0.200. The van der Waals surface area contributed by atoms with Gasteiger partial charge in [-0.3, -0.25) is 0 Å². The number of rotatable bonds is 3. The standard InChI is InChI=1S/C20H20/c1-3-15(2)19-10-6-7-11-20(19)18-13-12-16-8-4-5-9-17(16)14-18/h4-15H,3H2,1-2H3. The van der Waals surface area contributed by atoms with Gasteiger partial charge in [0, 0.05) is 0 Å². The molecule has 0 heterocycles. The normalized spacial score (nSPS) is 12.5. The summed E-state index contributed by atoms with van der Waals surface area (Å²) in [7, 11) is 0. The first kappa shape index (κ1) is 12.9. The molecule has 1 unspecified atom stereocenters. The fourth-order valence-electron chi connectivity index (χ4n) is 2.77. The van der Waals surface area contributed by atoms with Crippen LogP contribution in [0.15, 0.2) is 66.7 Å². The van der Waals surface area contributed by atoms with E-state index in [-0.39, 0.29) is 0 Å². The lowest BCUT2D eigenvalue weighted by atomic mass is 9.89. The van der Waals surface area contributed by atoms with Crippen LogP contribution >= 0.6 is 0 Å². The summed E-state index contributed by atoms with van der Waals surface area (Å²) >= 11 is 0. The minimum atomic E-state index is 0.595. The van der Waals surface area contributed by atoms with Crippen LogP contribution in [0.25, 0.3) is 21.9 Å². The van der Waals surface area contributed by atoms with Gasteiger partial charge >= 0.3 is 0 Å². The highest BCUT2D eigenvalue weighted by Gasteiger charge is 2.10. The van der Waals surface area contributed by atoms with Crippen molar-refractivity contribution in [2.24, 2.45) is 0 Å². The maximum absolute atomic E-state index is 2.31. The third-order valence-corrected chi connectivity index (χ3v) is 4.16. The van der Waals surface area contributed by atoms with Crippen molar-refractivity contribution in [3.63, 3.8) is 0 Å². The Morgan fingerprint density at radius 2 is 1.50 bits per heavy atom. The van der Waals surface area contributed by atoms with Gasteiger partial charge in [-0.1, -0.05) is 74.5 Å². The Morgan fingerprint density at radius 1 is 0.800 bits per heavy atom. The molecule has 0 bridgehead atoms. The topological polar surface area (TPSA) is 0 Å². The molecule has 3 aromatic carbocycles. The Kier molecular flexibility index (Phi) is 3.56. The van der Waals surface area contributed by atoms with E-state index in [1.807, 2.05) is 0 Å². The van der Waals surface area contributed by atoms with E-state index < -0.39 is 0 Å². The van der Waals surface area contributed by atoms with E-state index in [1.54, 1.807) is 0 Å². The van der Waals surface area contributed by atoms with E-state index in [0.29, 0.717) is 5.92 Å². The second kappa shape index (κ2) is 5.50. The molecule has 100 valence electrons. The maximum atomic E-state index is 2.31. The van der Waals surface area contributed by atoms with Crippen LogP contribution in [0.5, 0.6) is 0 Å². The smallest absolute Gasteiger partial charge is 0.0149 e. The first-order chi connectivity index (χ1) is 9.79. The largest absolute Gasteiger partial charge is 0.0648 e. The minimum absolute atomic E-state index is 0.595. The Bertz CT molecular complexity index is 725. The Labute approximate surface area is 121 Å². The molecule has 0 radical (unpaired) electrons. The SMILES string of the molecule is CCC(C)c1ccccc1-c1ccc2ccccc2c1. The first-order valence-corrected chi connectivity index (χ1v) is 7.37. The second-order valence-electron chi connectivity index (χ2n) is 5.46. The average molecular weight is 260 g/mol. The number of hydrogen-bond donors (Lipinski definition) is 0. The zero-order valence-corrected chi connectivity index (χ0v) is 12.1. The van der Waals surface area contributed by atoms with Crippen LogP contribution in [0.4, 0.5) is 0 Å². The molecule has 0 aliphatic heterocycles. The molecule has 0 heteroatoms. The van der Waals surface area contributed by atoms with Gasteiger partial charge in [0.25, 0.3) is 0 Å². The van der Waals surface area contributed by atoms with E-state index >= 15 is 0 Å². The number of fused-ring (bicyclic) bond motifs is 1. The molecule has 3 rings (SSSR count). The van der Waals surface area contributed by atoms with Crippen molar-refractivity contribution >= 4 is 10.8 Å². The number of hydrogen-bond acceptors (Lipinski definition) is 0. The summed E-state index contributed by atoms with van der Waals surface area (Å²) in [4.78, 5) is 0. The summed E-state index contributed by atoms with van der Waals surface area (Å²) in [6, 6.07) is 24.1. The molecule has 0 aliphatic carbocycles. The molecule has 0 aromatic heterocycles. The molecule has 0 fully saturated rings. The van der Waals surface area contributed by atoms with Crippen molar-refractivity contribution in [2.75, 3.05) is 0 Å². The molecular weight excluding hydrogens is 240 g/mol. The maximum Gasteiger partial charge on any atom is -0.0149 e. The van der Waals surface area contributed by atoms with Crippen LogP contribution in [0.2, 0.25) is 0 Å². The van der Waals surface area contributed by atoms with Gasteiger partial charge in [0.1, 0.15) is 0 Å². The van der Waals surface area contributed by atoms with Gasteiger partial charge in [0.05, 0.1) is 0 Å². The highest BCUT2D eigenvalue weighted by Crippen LogP contribution is 2.32. The summed E-state index contributed by atoms with van der Waals surface area (Å²) in [6.45, 7) is 4.56. The van der Waals surface area contributed by atoms with Crippen LogP contribution in [-0.4, -0.2) is 0 Å². The fourth-order valence-corrected chi connectivity index (χ4v) is 2.77. The van der Waals surface area contributed by atoms with E-state index in [9.17, 15) is 0 Å². The lowest BCUT2D eigenvalue weighted by Gasteiger charge is -2.15. The molecule has 0 saturated heterocycles. The molecular formula is C20H20. The Balaban J connectivity index is 2.15. The molecule has 0 amide bonds. The summed E-state index contributed by atoms with van der Waals surface area (Å²) in [5.74, 6) is 0.595. The van der Waals surface area contributed by atoms with Gasteiger partial charge in [-0.05, 0) is 45.9 Å². The van der Waals surface area contributed by atoms with E-state index in [2.05, 4.69) is 80.6 Å². The molecule has 0 saturated carbocycles. The quantitative estimate of drug-likeness (QED) is 0.540. The molecule has 1 atom stereocenters. The van der Waals surface area contributed by atoms with Crippen molar-refractivity contribution in [2.45, 2.75) is 26.2 Å². The minimum Gasteiger partial charge on any atom is -0.0648 e. The van der Waals surface area contributed by atoms with Crippen molar-refractivity contribution in [3.05, 3.63) is 72.3 Å². The monoisotopic (exact) mass is 260 g/mol. The van der Waals surface area contributed by atoms with Gasteiger partial charge in [0.15, 0.2) is 0 Å². The lowest BCUT2D eigenvalue weighted by Crippen LogP contribution is -1.94. The van der Waals surface area contributed by atoms with Crippen LogP contribution < -0.4 is 0 Å². The van der Waals surface area contributed by atoms with Gasteiger partial charge < -0.3 is 0 Å². The van der Waals surface area contributed by atoms with Crippen molar-refractivity contribution < 1.29 is 0 Å².